The first-order valence-electron chi connectivity index (χ1n) is 9.53. The van der Waals surface area contributed by atoms with E-state index < -0.39 is 0 Å². The van der Waals surface area contributed by atoms with Gasteiger partial charge >= 0.3 is 0 Å². The van der Waals surface area contributed by atoms with Crippen molar-refractivity contribution >= 4 is 0 Å². The first kappa shape index (κ1) is 19.9. The lowest BCUT2D eigenvalue weighted by atomic mass is 9.88. The van der Waals surface area contributed by atoms with Gasteiger partial charge in [-0.25, -0.2) is 5.01 Å². The van der Waals surface area contributed by atoms with Crippen molar-refractivity contribution in [3.05, 3.63) is 0 Å². The van der Waals surface area contributed by atoms with Crippen molar-refractivity contribution < 1.29 is 5.11 Å². The van der Waals surface area contributed by atoms with Gasteiger partial charge in [0, 0.05) is 32.7 Å². The molecule has 132 valence electrons. The van der Waals surface area contributed by atoms with Crippen LogP contribution in [-0.2, 0) is 0 Å². The molecule has 1 aliphatic carbocycles. The first-order valence-corrected chi connectivity index (χ1v) is 9.53. The van der Waals surface area contributed by atoms with Crippen molar-refractivity contribution in [2.45, 2.75) is 71.8 Å². The number of hydrazine groups is 1. The molecule has 3 fully saturated rings. The van der Waals surface area contributed by atoms with E-state index in [1.165, 1.54) is 38.6 Å². The zero-order chi connectivity index (χ0) is 16.4. The fraction of sp³-hybridized carbons (Fsp3) is 1.00. The van der Waals surface area contributed by atoms with Crippen LogP contribution in [0.3, 0.4) is 0 Å². The molecule has 1 saturated carbocycles. The molecule has 2 heterocycles. The van der Waals surface area contributed by atoms with Gasteiger partial charge in [0.1, 0.15) is 0 Å². The van der Waals surface area contributed by atoms with Crippen molar-refractivity contribution in [3.8, 4) is 0 Å². The summed E-state index contributed by atoms with van der Waals surface area (Å²) >= 11 is 0. The van der Waals surface area contributed by atoms with Gasteiger partial charge in [0.2, 0.25) is 0 Å². The lowest BCUT2D eigenvalue weighted by Gasteiger charge is -2.35. The molecule has 0 spiro atoms. The molecule has 3 rings (SSSR count). The van der Waals surface area contributed by atoms with Crippen molar-refractivity contribution in [1.82, 2.24) is 9.91 Å². The molecule has 3 N–H and O–H groups in total. The molecule has 0 atom stereocenters. The molecule has 4 heteroatoms. The second kappa shape index (κ2) is 11.4. The number of hydrogen-bond donors (Lipinski definition) is 2. The van der Waals surface area contributed by atoms with Gasteiger partial charge in [-0.2, -0.15) is 0 Å². The normalized spacial score (nSPS) is 25.5. The number of likely N-dealkylation sites (tertiary alicyclic amines) is 1. The minimum Gasteiger partial charge on any atom is -0.393 e. The number of hydrogen-bond acceptors (Lipinski definition) is 4. The summed E-state index contributed by atoms with van der Waals surface area (Å²) in [4.78, 5) is 2.50. The van der Waals surface area contributed by atoms with Gasteiger partial charge in [-0.1, -0.05) is 40.0 Å². The Hall–Kier alpha value is -0.160. The molecular weight excluding hydrogens is 274 g/mol. The maximum Gasteiger partial charge on any atom is 0.0564 e. The predicted molar refractivity (Wildman–Crippen MR) is 94.5 cm³/mol. The maximum absolute atomic E-state index is 9.42. The van der Waals surface area contributed by atoms with Crippen LogP contribution in [0.2, 0.25) is 0 Å². The lowest BCUT2D eigenvalue weighted by molar-refractivity contribution is 0.0651. The van der Waals surface area contributed by atoms with E-state index in [0.29, 0.717) is 0 Å². The Kier molecular flexibility index (Phi) is 10.3. The van der Waals surface area contributed by atoms with Crippen LogP contribution in [0, 0.1) is 11.8 Å². The summed E-state index contributed by atoms with van der Waals surface area (Å²) < 4.78 is 0. The summed E-state index contributed by atoms with van der Waals surface area (Å²) in [6, 6.07) is 0. The van der Waals surface area contributed by atoms with Gasteiger partial charge < -0.3 is 10.0 Å². The molecule has 0 aromatic heterocycles. The fourth-order valence-electron chi connectivity index (χ4n) is 3.21. The average molecular weight is 314 g/mol. The summed E-state index contributed by atoms with van der Waals surface area (Å²) in [5, 5.41) is 11.3. The van der Waals surface area contributed by atoms with Crippen LogP contribution in [0.5, 0.6) is 0 Å². The molecule has 0 amide bonds. The number of aliphatic hydroxyl groups is 1. The molecule has 0 aromatic rings. The molecular formula is C18H39N3O. The minimum atomic E-state index is -0.0489. The minimum absolute atomic E-state index is 0.0489. The standard InChI is InChI=1S/C11H23N3O.C5H10.C2H6/c12-14-7-1-10(2-8-14)9-13-5-3-11(15)4-6-13;1-5-3-2-4-5;1-2/h10-11,15H,1-9,12H2;5H,2-4H2,1H3;1-2H3. The molecule has 0 unspecified atom stereocenters. The number of nitrogens with two attached hydrogens (primary N) is 1. The van der Waals surface area contributed by atoms with Gasteiger partial charge in [-0.15, -0.1) is 0 Å². The van der Waals surface area contributed by atoms with E-state index in [0.717, 1.165) is 50.9 Å². The Morgan fingerprint density at radius 1 is 0.909 bits per heavy atom. The fourth-order valence-corrected chi connectivity index (χ4v) is 3.21. The van der Waals surface area contributed by atoms with Crippen LogP contribution in [-0.4, -0.2) is 53.8 Å². The number of aliphatic hydroxyl groups excluding tert-OH is 1. The summed E-state index contributed by atoms with van der Waals surface area (Å²) in [5.74, 6) is 7.62. The zero-order valence-electron chi connectivity index (χ0n) is 15.1. The Balaban J connectivity index is 0.000000289. The van der Waals surface area contributed by atoms with E-state index in [-0.39, 0.29) is 6.10 Å². The number of nitrogens with zero attached hydrogens (tertiary/aromatic N) is 2. The van der Waals surface area contributed by atoms with Gasteiger partial charge in [-0.3, -0.25) is 5.84 Å². The average Bonchev–Trinajstić information content (AvgIpc) is 2.52. The topological polar surface area (TPSA) is 52.7 Å². The Morgan fingerprint density at radius 2 is 1.41 bits per heavy atom. The van der Waals surface area contributed by atoms with Gasteiger partial charge in [0.15, 0.2) is 0 Å². The summed E-state index contributed by atoms with van der Waals surface area (Å²) in [5.41, 5.74) is 0. The molecule has 4 nitrogen and oxygen atoms in total. The van der Waals surface area contributed by atoms with Crippen LogP contribution in [0.25, 0.3) is 0 Å². The summed E-state index contributed by atoms with van der Waals surface area (Å²) in [6.07, 6.45) is 8.78. The van der Waals surface area contributed by atoms with Crippen molar-refractivity contribution in [3.63, 3.8) is 0 Å². The van der Waals surface area contributed by atoms with Crippen LogP contribution < -0.4 is 5.84 Å². The second-order valence-corrected chi connectivity index (χ2v) is 7.05. The smallest absolute Gasteiger partial charge is 0.0564 e. The zero-order valence-corrected chi connectivity index (χ0v) is 15.1. The number of rotatable bonds is 2. The highest BCUT2D eigenvalue weighted by atomic mass is 16.3. The molecule has 0 bridgehead atoms. The monoisotopic (exact) mass is 313 g/mol. The third kappa shape index (κ3) is 7.91. The largest absolute Gasteiger partial charge is 0.393 e. The third-order valence-corrected chi connectivity index (χ3v) is 5.12. The van der Waals surface area contributed by atoms with Crippen molar-refractivity contribution in [2.75, 3.05) is 32.7 Å². The third-order valence-electron chi connectivity index (χ3n) is 5.12. The van der Waals surface area contributed by atoms with E-state index in [9.17, 15) is 5.11 Å². The SMILES string of the molecule is CC.CC1CCC1.NN1CCC(CN2CCC(O)CC2)CC1. The van der Waals surface area contributed by atoms with Crippen LogP contribution in [0.4, 0.5) is 0 Å². The summed E-state index contributed by atoms with van der Waals surface area (Å²) in [7, 11) is 0. The Morgan fingerprint density at radius 3 is 1.82 bits per heavy atom. The van der Waals surface area contributed by atoms with E-state index in [1.807, 2.05) is 18.9 Å². The van der Waals surface area contributed by atoms with Gasteiger partial charge in [0.05, 0.1) is 6.10 Å². The first-order chi connectivity index (χ1) is 10.6. The van der Waals surface area contributed by atoms with Gasteiger partial charge in [0.25, 0.3) is 0 Å². The molecule has 22 heavy (non-hydrogen) atoms. The quantitative estimate of drug-likeness (QED) is 0.770. The highest BCUT2D eigenvalue weighted by Crippen LogP contribution is 2.24. The van der Waals surface area contributed by atoms with Crippen molar-refractivity contribution in [2.24, 2.45) is 17.7 Å². The molecule has 2 aliphatic heterocycles. The molecule has 0 aromatic carbocycles. The molecule has 3 aliphatic rings. The Bertz CT molecular complexity index is 235. The van der Waals surface area contributed by atoms with Crippen LogP contribution in [0.1, 0.15) is 65.7 Å². The highest BCUT2D eigenvalue weighted by molar-refractivity contribution is 4.76. The summed E-state index contributed by atoms with van der Waals surface area (Å²) in [6.45, 7) is 11.8. The van der Waals surface area contributed by atoms with E-state index in [4.69, 9.17) is 5.84 Å². The maximum atomic E-state index is 9.42. The predicted octanol–water partition coefficient (Wildman–Crippen LogP) is 2.86. The van der Waals surface area contributed by atoms with Gasteiger partial charge in [-0.05, 0) is 37.5 Å². The Labute approximate surface area is 138 Å². The van der Waals surface area contributed by atoms with Crippen molar-refractivity contribution in [1.29, 1.82) is 0 Å². The second-order valence-electron chi connectivity index (χ2n) is 7.05. The highest BCUT2D eigenvalue weighted by Gasteiger charge is 2.22. The number of piperidine rings is 2. The van der Waals surface area contributed by atoms with E-state index >= 15 is 0 Å². The van der Waals surface area contributed by atoms with Crippen LogP contribution >= 0.6 is 0 Å². The lowest BCUT2D eigenvalue weighted by Crippen LogP contribution is -2.44. The van der Waals surface area contributed by atoms with E-state index in [2.05, 4.69) is 11.8 Å². The van der Waals surface area contributed by atoms with E-state index in [1.54, 1.807) is 0 Å². The van der Waals surface area contributed by atoms with Crippen LogP contribution in [0.15, 0.2) is 0 Å². The molecule has 2 saturated heterocycles. The molecule has 0 radical (unpaired) electrons.